The highest BCUT2D eigenvalue weighted by Gasteiger charge is 2.11. The number of primary amides is 1. The van der Waals surface area contributed by atoms with Crippen LogP contribution in [-0.4, -0.2) is 25.5 Å². The van der Waals surface area contributed by atoms with E-state index in [0.717, 1.165) is 16.9 Å². The Bertz CT molecular complexity index is 847. The Kier molecular flexibility index (Phi) is 7.96. The van der Waals surface area contributed by atoms with Gasteiger partial charge in [0.15, 0.2) is 5.75 Å². The summed E-state index contributed by atoms with van der Waals surface area (Å²) >= 11 is 12.5. The number of amides is 2. The minimum Gasteiger partial charge on any atom is -0.490 e. The van der Waals surface area contributed by atoms with E-state index in [1.807, 2.05) is 13.0 Å². The molecular weight excluding hydrogens is 401 g/mol. The van der Waals surface area contributed by atoms with Crippen LogP contribution in [0.2, 0.25) is 10.0 Å². The smallest absolute Gasteiger partial charge is 0.332 e. The van der Waals surface area contributed by atoms with Gasteiger partial charge < -0.3 is 15.2 Å². The van der Waals surface area contributed by atoms with Crippen LogP contribution in [0.5, 0.6) is 11.5 Å². The first-order valence-electron chi connectivity index (χ1n) is 8.71. The van der Waals surface area contributed by atoms with Gasteiger partial charge in [0.2, 0.25) is 0 Å². The highest BCUT2D eigenvalue weighted by molar-refractivity contribution is 6.37. The summed E-state index contributed by atoms with van der Waals surface area (Å²) < 4.78 is 11.6. The van der Waals surface area contributed by atoms with Gasteiger partial charge in [-0.3, -0.25) is 0 Å². The molecule has 0 aliphatic carbocycles. The minimum atomic E-state index is -0.761. The average molecular weight is 424 g/mol. The van der Waals surface area contributed by atoms with Crippen LogP contribution in [0.4, 0.5) is 4.79 Å². The second-order valence-corrected chi connectivity index (χ2v) is 7.26. The van der Waals surface area contributed by atoms with E-state index in [0.29, 0.717) is 33.9 Å². The Hall–Kier alpha value is -2.44. The van der Waals surface area contributed by atoms with Crippen molar-refractivity contribution in [2.75, 3.05) is 13.2 Å². The molecule has 2 aromatic carbocycles. The molecule has 0 bridgehead atoms. The molecule has 0 unspecified atom stereocenters. The monoisotopic (exact) mass is 423 g/mol. The third-order valence-corrected chi connectivity index (χ3v) is 4.35. The predicted molar refractivity (Wildman–Crippen MR) is 113 cm³/mol. The molecule has 0 spiro atoms. The quantitative estimate of drug-likeness (QED) is 0.360. The molecule has 0 fully saturated rings. The largest absolute Gasteiger partial charge is 0.490 e. The zero-order chi connectivity index (χ0) is 20.7. The van der Waals surface area contributed by atoms with Crippen LogP contribution >= 0.6 is 23.2 Å². The molecule has 0 aliphatic rings. The summed E-state index contributed by atoms with van der Waals surface area (Å²) in [4.78, 5) is 10.6. The maximum atomic E-state index is 10.6. The van der Waals surface area contributed by atoms with Gasteiger partial charge in [-0.2, -0.15) is 5.10 Å². The van der Waals surface area contributed by atoms with Crippen molar-refractivity contribution >= 4 is 35.4 Å². The highest BCUT2D eigenvalue weighted by Crippen LogP contribution is 2.34. The molecule has 0 atom stereocenters. The third kappa shape index (κ3) is 6.32. The Balaban J connectivity index is 1.97. The summed E-state index contributed by atoms with van der Waals surface area (Å²) in [5, 5.41) is 4.31. The van der Waals surface area contributed by atoms with Crippen LogP contribution in [0.3, 0.4) is 0 Å². The van der Waals surface area contributed by atoms with E-state index in [-0.39, 0.29) is 6.61 Å². The molecule has 0 radical (unpaired) electrons. The second-order valence-electron chi connectivity index (χ2n) is 6.44. The lowest BCUT2D eigenvalue weighted by molar-refractivity contribution is 0.215. The Morgan fingerprint density at radius 1 is 1.18 bits per heavy atom. The van der Waals surface area contributed by atoms with Gasteiger partial charge in [0, 0.05) is 0 Å². The van der Waals surface area contributed by atoms with E-state index in [2.05, 4.69) is 36.5 Å². The van der Waals surface area contributed by atoms with Crippen LogP contribution in [0.15, 0.2) is 35.4 Å². The van der Waals surface area contributed by atoms with Crippen LogP contribution in [0.1, 0.15) is 36.5 Å². The first-order valence-corrected chi connectivity index (χ1v) is 9.47. The fourth-order valence-electron chi connectivity index (χ4n) is 2.50. The topological polar surface area (TPSA) is 85.9 Å². The number of hydrogen-bond donors (Lipinski definition) is 2. The van der Waals surface area contributed by atoms with Gasteiger partial charge in [-0.05, 0) is 47.7 Å². The SMILES string of the molecule is Cc1ccc(C(C)C)c(OCCOc2c(Cl)cc(/C=N/NC(N)=O)cc2Cl)c1. The molecule has 2 aromatic rings. The van der Waals surface area contributed by atoms with Gasteiger partial charge in [-0.25, -0.2) is 10.2 Å². The second kappa shape index (κ2) is 10.2. The Morgan fingerprint density at radius 3 is 2.43 bits per heavy atom. The third-order valence-electron chi connectivity index (χ3n) is 3.79. The van der Waals surface area contributed by atoms with Crippen molar-refractivity contribution in [2.45, 2.75) is 26.7 Å². The van der Waals surface area contributed by atoms with Crippen LogP contribution in [-0.2, 0) is 0 Å². The molecule has 28 heavy (non-hydrogen) atoms. The first-order chi connectivity index (χ1) is 13.3. The number of urea groups is 1. The lowest BCUT2D eigenvalue weighted by Crippen LogP contribution is -2.24. The number of nitrogens with zero attached hydrogens (tertiary/aromatic N) is 1. The lowest BCUT2D eigenvalue weighted by atomic mass is 10.0. The molecule has 0 saturated heterocycles. The number of benzene rings is 2. The van der Waals surface area contributed by atoms with Gasteiger partial charge in [-0.15, -0.1) is 0 Å². The number of rotatable bonds is 8. The van der Waals surface area contributed by atoms with Crippen molar-refractivity contribution in [1.29, 1.82) is 0 Å². The fourth-order valence-corrected chi connectivity index (χ4v) is 3.11. The summed E-state index contributed by atoms with van der Waals surface area (Å²) in [6.07, 6.45) is 1.38. The van der Waals surface area contributed by atoms with Gasteiger partial charge in [0.1, 0.15) is 19.0 Å². The standard InChI is InChI=1S/C20H23Cl2N3O3/c1-12(2)15-5-4-13(3)8-18(15)27-6-7-28-19-16(21)9-14(10-17(19)22)11-24-25-20(23)26/h4-5,8-12H,6-7H2,1-3H3,(H3,23,25,26)/b24-11+. The van der Waals surface area contributed by atoms with Crippen molar-refractivity contribution in [2.24, 2.45) is 10.8 Å². The number of aryl methyl sites for hydroxylation is 1. The van der Waals surface area contributed by atoms with E-state index in [1.165, 1.54) is 6.21 Å². The van der Waals surface area contributed by atoms with Crippen molar-refractivity contribution in [3.05, 3.63) is 57.1 Å². The number of halogens is 2. The Labute approximate surface area is 174 Å². The van der Waals surface area contributed by atoms with Crippen molar-refractivity contribution in [1.82, 2.24) is 5.43 Å². The highest BCUT2D eigenvalue weighted by atomic mass is 35.5. The number of hydrogen-bond acceptors (Lipinski definition) is 4. The predicted octanol–water partition coefficient (Wildman–Crippen LogP) is 4.89. The van der Waals surface area contributed by atoms with Gasteiger partial charge in [0.05, 0.1) is 16.3 Å². The Morgan fingerprint density at radius 2 is 1.82 bits per heavy atom. The zero-order valence-corrected chi connectivity index (χ0v) is 17.5. The molecule has 2 rings (SSSR count). The first kappa shape index (κ1) is 21.9. The maximum absolute atomic E-state index is 10.6. The van der Waals surface area contributed by atoms with E-state index in [9.17, 15) is 4.79 Å². The maximum Gasteiger partial charge on any atom is 0.332 e. The van der Waals surface area contributed by atoms with Crippen LogP contribution in [0, 0.1) is 6.92 Å². The van der Waals surface area contributed by atoms with E-state index in [1.54, 1.807) is 12.1 Å². The van der Waals surface area contributed by atoms with E-state index in [4.69, 9.17) is 38.4 Å². The van der Waals surface area contributed by atoms with Gasteiger partial charge in [-0.1, -0.05) is 49.2 Å². The number of carbonyl (C=O) groups is 1. The van der Waals surface area contributed by atoms with E-state index >= 15 is 0 Å². The summed E-state index contributed by atoms with van der Waals surface area (Å²) in [6, 6.07) is 8.64. The molecule has 3 N–H and O–H groups in total. The molecule has 0 aromatic heterocycles. The molecule has 2 amide bonds. The number of carbonyl (C=O) groups excluding carboxylic acids is 1. The zero-order valence-electron chi connectivity index (χ0n) is 16.0. The molecule has 0 aliphatic heterocycles. The molecular formula is C20H23Cl2N3O3. The van der Waals surface area contributed by atoms with Crippen molar-refractivity contribution in [3.63, 3.8) is 0 Å². The molecule has 6 nitrogen and oxygen atoms in total. The van der Waals surface area contributed by atoms with Crippen LogP contribution in [0.25, 0.3) is 0 Å². The molecule has 150 valence electrons. The van der Waals surface area contributed by atoms with Gasteiger partial charge in [0.25, 0.3) is 0 Å². The van der Waals surface area contributed by atoms with Gasteiger partial charge >= 0.3 is 6.03 Å². The lowest BCUT2D eigenvalue weighted by Gasteiger charge is -2.16. The van der Waals surface area contributed by atoms with Crippen LogP contribution < -0.4 is 20.6 Å². The van der Waals surface area contributed by atoms with E-state index < -0.39 is 6.03 Å². The van der Waals surface area contributed by atoms with Crippen molar-refractivity contribution < 1.29 is 14.3 Å². The fraction of sp³-hybridized carbons (Fsp3) is 0.300. The summed E-state index contributed by atoms with van der Waals surface area (Å²) in [5.74, 6) is 1.57. The summed E-state index contributed by atoms with van der Waals surface area (Å²) in [6.45, 7) is 6.90. The number of nitrogens with one attached hydrogen (secondary N) is 1. The number of hydrazone groups is 1. The summed E-state index contributed by atoms with van der Waals surface area (Å²) in [5.41, 5.74) is 9.91. The molecule has 0 heterocycles. The normalized spacial score (nSPS) is 11.1. The number of nitrogens with two attached hydrogens (primary N) is 1. The number of ether oxygens (including phenoxy) is 2. The minimum absolute atomic E-state index is 0.279. The molecule has 0 saturated carbocycles. The molecule has 8 heteroatoms. The van der Waals surface area contributed by atoms with Crippen molar-refractivity contribution in [3.8, 4) is 11.5 Å². The summed E-state index contributed by atoms with van der Waals surface area (Å²) in [7, 11) is 0. The average Bonchev–Trinajstić information content (AvgIpc) is 2.60.